The minimum absolute atomic E-state index is 0.171. The first-order valence-electron chi connectivity index (χ1n) is 8.66. The third-order valence-corrected chi connectivity index (χ3v) is 4.70. The Morgan fingerprint density at radius 2 is 1.96 bits per heavy atom. The number of urea groups is 1. The van der Waals surface area contributed by atoms with E-state index in [0.717, 1.165) is 5.56 Å². The van der Waals surface area contributed by atoms with Crippen molar-refractivity contribution in [3.63, 3.8) is 0 Å². The van der Waals surface area contributed by atoms with Crippen LogP contribution in [0.3, 0.4) is 0 Å². The van der Waals surface area contributed by atoms with E-state index in [1.54, 1.807) is 29.2 Å². The zero-order valence-electron chi connectivity index (χ0n) is 14.8. The van der Waals surface area contributed by atoms with E-state index in [0.29, 0.717) is 29.7 Å². The van der Waals surface area contributed by atoms with Crippen LogP contribution in [0.5, 0.6) is 0 Å². The van der Waals surface area contributed by atoms with Gasteiger partial charge in [0.25, 0.3) is 0 Å². The number of piperazine rings is 1. The zero-order valence-corrected chi connectivity index (χ0v) is 15.6. The molecule has 3 amide bonds. The van der Waals surface area contributed by atoms with Crippen LogP contribution in [-0.4, -0.2) is 29.9 Å². The van der Waals surface area contributed by atoms with Crippen LogP contribution in [-0.2, 0) is 4.79 Å². The van der Waals surface area contributed by atoms with Crippen LogP contribution in [0, 0.1) is 0 Å². The van der Waals surface area contributed by atoms with Gasteiger partial charge in [0, 0.05) is 23.8 Å². The predicted octanol–water partition coefficient (Wildman–Crippen LogP) is 4.17. The standard InChI is InChI=1S/C20H22ClN3O2/c1-13(2)14-6-8-15(9-7-14)18-19(25)22-10-11-24(18)20(26)23-17-5-3-4-16(21)12-17/h3-9,12-13,18H,10-11H2,1-2H3,(H,22,25)(H,23,26). The predicted molar refractivity (Wildman–Crippen MR) is 103 cm³/mol. The van der Waals surface area contributed by atoms with Gasteiger partial charge in [-0.1, -0.05) is 55.8 Å². The minimum Gasteiger partial charge on any atom is -0.352 e. The Hall–Kier alpha value is -2.53. The molecule has 0 saturated carbocycles. The molecule has 3 rings (SSSR count). The van der Waals surface area contributed by atoms with Crippen LogP contribution in [0.1, 0.15) is 36.9 Å². The minimum atomic E-state index is -0.649. The number of carbonyl (C=O) groups excluding carboxylic acids is 2. The summed E-state index contributed by atoms with van der Waals surface area (Å²) in [4.78, 5) is 26.8. The summed E-state index contributed by atoms with van der Waals surface area (Å²) in [5, 5.41) is 6.21. The Kier molecular flexibility index (Phi) is 5.47. The molecule has 1 aliphatic heterocycles. The molecule has 0 spiro atoms. The maximum atomic E-state index is 12.8. The summed E-state index contributed by atoms with van der Waals surface area (Å²) in [6, 6.07) is 13.8. The Labute approximate surface area is 158 Å². The van der Waals surface area contributed by atoms with Crippen LogP contribution < -0.4 is 10.6 Å². The normalized spacial score (nSPS) is 17.2. The fourth-order valence-corrected chi connectivity index (χ4v) is 3.23. The summed E-state index contributed by atoms with van der Waals surface area (Å²) in [5.41, 5.74) is 2.59. The first-order valence-corrected chi connectivity index (χ1v) is 9.04. The average Bonchev–Trinajstić information content (AvgIpc) is 2.61. The Morgan fingerprint density at radius 1 is 1.23 bits per heavy atom. The molecule has 0 aliphatic carbocycles. The SMILES string of the molecule is CC(C)c1ccc(C2C(=O)NCCN2C(=O)Nc2cccc(Cl)c2)cc1. The highest BCUT2D eigenvalue weighted by atomic mass is 35.5. The molecule has 26 heavy (non-hydrogen) atoms. The molecule has 1 aliphatic rings. The summed E-state index contributed by atoms with van der Waals surface area (Å²) >= 11 is 5.97. The summed E-state index contributed by atoms with van der Waals surface area (Å²) < 4.78 is 0. The van der Waals surface area contributed by atoms with E-state index in [-0.39, 0.29) is 11.9 Å². The zero-order chi connectivity index (χ0) is 18.7. The number of nitrogens with one attached hydrogen (secondary N) is 2. The number of rotatable bonds is 3. The molecule has 0 bridgehead atoms. The van der Waals surface area contributed by atoms with Gasteiger partial charge in [-0.2, -0.15) is 0 Å². The van der Waals surface area contributed by atoms with Crippen LogP contribution in [0.25, 0.3) is 0 Å². The molecule has 1 heterocycles. The molecule has 136 valence electrons. The monoisotopic (exact) mass is 371 g/mol. The fourth-order valence-electron chi connectivity index (χ4n) is 3.04. The summed E-state index contributed by atoms with van der Waals surface area (Å²) in [5.74, 6) is 0.237. The van der Waals surface area contributed by atoms with Gasteiger partial charge < -0.3 is 15.5 Å². The highest BCUT2D eigenvalue weighted by Gasteiger charge is 2.34. The summed E-state index contributed by atoms with van der Waals surface area (Å²) in [6.07, 6.45) is 0. The molecule has 2 N–H and O–H groups in total. The van der Waals surface area contributed by atoms with Crippen molar-refractivity contribution < 1.29 is 9.59 Å². The molecule has 5 nitrogen and oxygen atoms in total. The third-order valence-electron chi connectivity index (χ3n) is 4.47. The molecule has 0 aromatic heterocycles. The number of hydrogen-bond acceptors (Lipinski definition) is 2. The van der Waals surface area contributed by atoms with Gasteiger partial charge in [0.15, 0.2) is 0 Å². The van der Waals surface area contributed by atoms with E-state index >= 15 is 0 Å². The average molecular weight is 372 g/mol. The van der Waals surface area contributed by atoms with Crippen molar-refractivity contribution in [3.05, 3.63) is 64.7 Å². The van der Waals surface area contributed by atoms with Crippen molar-refractivity contribution in [1.29, 1.82) is 0 Å². The van der Waals surface area contributed by atoms with Crippen LogP contribution in [0.4, 0.5) is 10.5 Å². The largest absolute Gasteiger partial charge is 0.352 e. The van der Waals surface area contributed by atoms with Gasteiger partial charge in [0.2, 0.25) is 5.91 Å². The van der Waals surface area contributed by atoms with Crippen molar-refractivity contribution >= 4 is 29.2 Å². The number of halogens is 1. The van der Waals surface area contributed by atoms with E-state index in [2.05, 4.69) is 24.5 Å². The second kappa shape index (κ2) is 7.79. The number of benzene rings is 2. The molecule has 2 aromatic carbocycles. The molecule has 0 radical (unpaired) electrons. The number of carbonyl (C=O) groups is 2. The summed E-state index contributed by atoms with van der Waals surface area (Å²) in [6.45, 7) is 5.11. The molecule has 1 saturated heterocycles. The van der Waals surface area contributed by atoms with E-state index in [1.165, 1.54) is 5.56 Å². The second-order valence-corrected chi connectivity index (χ2v) is 7.09. The van der Waals surface area contributed by atoms with E-state index in [9.17, 15) is 9.59 Å². The lowest BCUT2D eigenvalue weighted by Crippen LogP contribution is -2.53. The number of nitrogens with zero attached hydrogens (tertiary/aromatic N) is 1. The lowest BCUT2D eigenvalue weighted by molar-refractivity contribution is -0.127. The summed E-state index contributed by atoms with van der Waals surface area (Å²) in [7, 11) is 0. The Balaban J connectivity index is 1.83. The topological polar surface area (TPSA) is 61.4 Å². The molecular weight excluding hydrogens is 350 g/mol. The van der Waals surface area contributed by atoms with E-state index in [4.69, 9.17) is 11.6 Å². The number of hydrogen-bond donors (Lipinski definition) is 2. The maximum absolute atomic E-state index is 12.8. The smallest absolute Gasteiger partial charge is 0.322 e. The van der Waals surface area contributed by atoms with Crippen LogP contribution in [0.2, 0.25) is 5.02 Å². The van der Waals surface area contributed by atoms with Gasteiger partial charge in [-0.25, -0.2) is 4.79 Å². The first kappa shape index (κ1) is 18.3. The van der Waals surface area contributed by atoms with Gasteiger partial charge >= 0.3 is 6.03 Å². The fraction of sp³-hybridized carbons (Fsp3) is 0.300. The van der Waals surface area contributed by atoms with Crippen molar-refractivity contribution in [2.24, 2.45) is 0 Å². The number of anilines is 1. The van der Waals surface area contributed by atoms with Crippen molar-refractivity contribution in [2.75, 3.05) is 18.4 Å². The highest BCUT2D eigenvalue weighted by Crippen LogP contribution is 2.26. The lowest BCUT2D eigenvalue weighted by Gasteiger charge is -2.35. The molecule has 6 heteroatoms. The van der Waals surface area contributed by atoms with Crippen molar-refractivity contribution in [3.8, 4) is 0 Å². The lowest BCUT2D eigenvalue weighted by atomic mass is 9.97. The van der Waals surface area contributed by atoms with Crippen molar-refractivity contribution in [1.82, 2.24) is 10.2 Å². The van der Waals surface area contributed by atoms with Crippen LogP contribution >= 0.6 is 11.6 Å². The molecular formula is C20H22ClN3O2. The van der Waals surface area contributed by atoms with E-state index < -0.39 is 6.04 Å². The second-order valence-electron chi connectivity index (χ2n) is 6.65. The van der Waals surface area contributed by atoms with Gasteiger partial charge in [0.1, 0.15) is 6.04 Å². The van der Waals surface area contributed by atoms with Gasteiger partial charge in [-0.05, 0) is 35.2 Å². The molecule has 1 unspecified atom stereocenters. The Morgan fingerprint density at radius 3 is 2.62 bits per heavy atom. The molecule has 1 atom stereocenters. The number of amides is 3. The maximum Gasteiger partial charge on any atom is 0.322 e. The van der Waals surface area contributed by atoms with Gasteiger partial charge in [-0.3, -0.25) is 4.79 Å². The van der Waals surface area contributed by atoms with Crippen LogP contribution in [0.15, 0.2) is 48.5 Å². The van der Waals surface area contributed by atoms with Gasteiger partial charge in [-0.15, -0.1) is 0 Å². The van der Waals surface area contributed by atoms with Gasteiger partial charge in [0.05, 0.1) is 0 Å². The Bertz CT molecular complexity index is 805. The van der Waals surface area contributed by atoms with E-state index in [1.807, 2.05) is 24.3 Å². The highest BCUT2D eigenvalue weighted by molar-refractivity contribution is 6.30. The first-order chi connectivity index (χ1) is 12.5. The molecule has 2 aromatic rings. The third kappa shape index (κ3) is 3.99. The quantitative estimate of drug-likeness (QED) is 0.850. The van der Waals surface area contributed by atoms with Crippen molar-refractivity contribution in [2.45, 2.75) is 25.8 Å². The molecule has 1 fully saturated rings.